The van der Waals surface area contributed by atoms with Gasteiger partial charge in [0.25, 0.3) is 5.91 Å². The summed E-state index contributed by atoms with van der Waals surface area (Å²) in [4.78, 5) is 15.4. The molecule has 1 unspecified atom stereocenters. The van der Waals surface area contributed by atoms with E-state index in [0.717, 1.165) is 10.6 Å². The van der Waals surface area contributed by atoms with Crippen molar-refractivity contribution in [3.8, 4) is 6.07 Å². The molecule has 1 amide bonds. The number of amides is 1. The first kappa shape index (κ1) is 19.5. The highest BCUT2D eigenvalue weighted by Crippen LogP contribution is 2.35. The average Bonchev–Trinajstić information content (AvgIpc) is 2.67. The summed E-state index contributed by atoms with van der Waals surface area (Å²) >= 11 is 0. The van der Waals surface area contributed by atoms with Gasteiger partial charge in [0.2, 0.25) is 0 Å². The largest absolute Gasteiger partial charge is 0.406 e. The third-order valence-corrected chi connectivity index (χ3v) is 4.58. The molecule has 5 nitrogen and oxygen atoms in total. The lowest BCUT2D eigenvalue weighted by Crippen LogP contribution is -2.47. The van der Waals surface area contributed by atoms with Gasteiger partial charge >= 0.3 is 6.18 Å². The number of halogens is 3. The predicted octanol–water partition coefficient (Wildman–Crippen LogP) is 4.17. The zero-order valence-electron chi connectivity index (χ0n) is 15.2. The lowest BCUT2D eigenvalue weighted by Gasteiger charge is -2.38. The number of hydrogen-bond donors (Lipinski definition) is 1. The van der Waals surface area contributed by atoms with E-state index in [-0.39, 0.29) is 5.56 Å². The van der Waals surface area contributed by atoms with Gasteiger partial charge in [-0.25, -0.2) is 0 Å². The fraction of sp³-hybridized carbons (Fsp3) is 0.300. The molecule has 1 N–H and O–H groups in total. The number of nitriles is 1. The van der Waals surface area contributed by atoms with Crippen LogP contribution in [0.25, 0.3) is 0 Å². The molecule has 8 heteroatoms. The molecule has 2 aromatic rings. The Morgan fingerprint density at radius 1 is 1.18 bits per heavy atom. The van der Waals surface area contributed by atoms with E-state index in [1.54, 1.807) is 42.5 Å². The summed E-state index contributed by atoms with van der Waals surface area (Å²) in [6.45, 7) is -0.800. The first-order chi connectivity index (χ1) is 13.3. The van der Waals surface area contributed by atoms with Crippen molar-refractivity contribution in [1.82, 2.24) is 4.90 Å². The number of anilines is 2. The topological polar surface area (TPSA) is 59.4 Å². The highest BCUT2D eigenvalue weighted by Gasteiger charge is 2.40. The maximum absolute atomic E-state index is 13.1. The van der Waals surface area contributed by atoms with Gasteiger partial charge in [-0.3, -0.25) is 4.79 Å². The van der Waals surface area contributed by atoms with Crippen molar-refractivity contribution in [2.24, 2.45) is 0 Å². The number of hydrogen-bond acceptors (Lipinski definition) is 4. The number of nitrogens with one attached hydrogen (secondary N) is 1. The molecule has 0 saturated heterocycles. The van der Waals surface area contributed by atoms with E-state index in [4.69, 9.17) is 5.26 Å². The van der Waals surface area contributed by atoms with Crippen molar-refractivity contribution < 1.29 is 18.0 Å². The fourth-order valence-electron chi connectivity index (χ4n) is 3.17. The quantitative estimate of drug-likeness (QED) is 0.835. The van der Waals surface area contributed by atoms with E-state index in [0.29, 0.717) is 24.2 Å². The molecule has 0 radical (unpaired) electrons. The molecule has 0 spiro atoms. The van der Waals surface area contributed by atoms with Gasteiger partial charge in [0.15, 0.2) is 0 Å². The molecule has 1 aliphatic rings. The Hall–Kier alpha value is -3.21. The summed E-state index contributed by atoms with van der Waals surface area (Å²) in [5.41, 5.74) is 2.11. The van der Waals surface area contributed by atoms with Gasteiger partial charge in [-0.05, 0) is 29.8 Å². The van der Waals surface area contributed by atoms with Crippen LogP contribution >= 0.6 is 0 Å². The lowest BCUT2D eigenvalue weighted by atomic mass is 10.0. The number of alkyl halides is 3. The summed E-state index contributed by atoms with van der Waals surface area (Å²) in [5, 5.41) is 11.7. The van der Waals surface area contributed by atoms with Crippen LogP contribution in [-0.4, -0.2) is 37.1 Å². The van der Waals surface area contributed by atoms with E-state index in [1.165, 1.54) is 6.07 Å². The van der Waals surface area contributed by atoms with Gasteiger partial charge in [-0.2, -0.15) is 18.4 Å². The van der Waals surface area contributed by atoms with Crippen molar-refractivity contribution in [1.29, 1.82) is 5.26 Å². The van der Waals surface area contributed by atoms with Crippen LogP contribution in [0.5, 0.6) is 0 Å². The molecule has 1 aliphatic heterocycles. The second-order valence-electron chi connectivity index (χ2n) is 6.56. The van der Waals surface area contributed by atoms with Crippen LogP contribution in [-0.2, 0) is 0 Å². The minimum Gasteiger partial charge on any atom is -0.374 e. The summed E-state index contributed by atoms with van der Waals surface area (Å²) in [7, 11) is 1.83. The third kappa shape index (κ3) is 4.19. The number of fused-ring (bicyclic) bond motifs is 1. The fourth-order valence-corrected chi connectivity index (χ4v) is 3.17. The van der Waals surface area contributed by atoms with Crippen LogP contribution in [0.2, 0.25) is 0 Å². The molecular formula is C20H19F3N4O. The zero-order chi connectivity index (χ0) is 20.3. The Bertz CT molecular complexity index is 890. The van der Waals surface area contributed by atoms with Crippen LogP contribution < -0.4 is 10.2 Å². The molecule has 0 aromatic heterocycles. The van der Waals surface area contributed by atoms with Gasteiger partial charge in [0, 0.05) is 25.0 Å². The van der Waals surface area contributed by atoms with Crippen molar-refractivity contribution in [3.05, 3.63) is 59.7 Å². The van der Waals surface area contributed by atoms with Gasteiger partial charge in [0.05, 0.1) is 18.1 Å². The number of carbonyl (C=O) groups is 1. The molecule has 0 bridgehead atoms. The molecule has 0 saturated carbocycles. The van der Waals surface area contributed by atoms with Crippen molar-refractivity contribution in [3.63, 3.8) is 0 Å². The number of nitrogens with zero attached hydrogens (tertiary/aromatic N) is 3. The smallest absolute Gasteiger partial charge is 0.374 e. The molecule has 1 heterocycles. The average molecular weight is 388 g/mol. The van der Waals surface area contributed by atoms with Crippen molar-refractivity contribution in [2.75, 3.05) is 30.4 Å². The van der Waals surface area contributed by atoms with Crippen LogP contribution in [0.1, 0.15) is 28.5 Å². The van der Waals surface area contributed by atoms with Crippen LogP contribution in [0, 0.1) is 11.3 Å². The van der Waals surface area contributed by atoms with Crippen LogP contribution in [0.15, 0.2) is 48.5 Å². The van der Waals surface area contributed by atoms with Crippen molar-refractivity contribution >= 4 is 17.3 Å². The Labute approximate surface area is 161 Å². The Morgan fingerprint density at radius 3 is 2.50 bits per heavy atom. The predicted molar refractivity (Wildman–Crippen MR) is 99.8 cm³/mol. The van der Waals surface area contributed by atoms with Gasteiger partial charge < -0.3 is 15.1 Å². The van der Waals surface area contributed by atoms with E-state index in [1.807, 2.05) is 11.9 Å². The maximum atomic E-state index is 13.1. The highest BCUT2D eigenvalue weighted by atomic mass is 19.4. The second kappa shape index (κ2) is 7.80. The molecule has 146 valence electrons. The minimum absolute atomic E-state index is 0.218. The van der Waals surface area contributed by atoms with E-state index in [2.05, 4.69) is 11.4 Å². The molecule has 0 fully saturated rings. The summed E-state index contributed by atoms with van der Waals surface area (Å²) in [5.74, 6) is -0.660. The monoisotopic (exact) mass is 388 g/mol. The molecule has 1 atom stereocenters. The van der Waals surface area contributed by atoms with Crippen LogP contribution in [0.3, 0.4) is 0 Å². The Balaban J connectivity index is 1.91. The molecule has 0 aliphatic carbocycles. The second-order valence-corrected chi connectivity index (χ2v) is 6.56. The number of para-hydroxylation sites is 1. The SMILES string of the molecule is CN(CCC#N)c1ccc(C2Nc3ccccc3C(=O)N2CC(F)(F)F)cc1. The lowest BCUT2D eigenvalue weighted by molar-refractivity contribution is -0.144. The van der Waals surface area contributed by atoms with Gasteiger partial charge in [-0.1, -0.05) is 24.3 Å². The normalized spacial score (nSPS) is 16.2. The third-order valence-electron chi connectivity index (χ3n) is 4.58. The summed E-state index contributed by atoms with van der Waals surface area (Å²) in [6.07, 6.45) is -5.07. The zero-order valence-corrected chi connectivity index (χ0v) is 15.2. The molecule has 2 aromatic carbocycles. The number of carbonyl (C=O) groups excluding carboxylic acids is 1. The number of benzene rings is 2. The number of rotatable bonds is 5. The van der Waals surface area contributed by atoms with Gasteiger partial charge in [0.1, 0.15) is 12.7 Å². The Morgan fingerprint density at radius 2 is 1.86 bits per heavy atom. The maximum Gasteiger partial charge on any atom is 0.406 e. The van der Waals surface area contributed by atoms with Crippen molar-refractivity contribution in [2.45, 2.75) is 18.8 Å². The summed E-state index contributed by atoms with van der Waals surface area (Å²) in [6, 6.07) is 15.5. The first-order valence-electron chi connectivity index (χ1n) is 8.71. The first-order valence-corrected chi connectivity index (χ1v) is 8.71. The van der Waals surface area contributed by atoms with E-state index < -0.39 is 24.8 Å². The molecule has 3 rings (SSSR count). The minimum atomic E-state index is -4.51. The summed E-state index contributed by atoms with van der Waals surface area (Å²) < 4.78 is 39.3. The highest BCUT2D eigenvalue weighted by molar-refractivity contribution is 6.01. The van der Waals surface area contributed by atoms with E-state index >= 15 is 0 Å². The molecule has 28 heavy (non-hydrogen) atoms. The van der Waals surface area contributed by atoms with Gasteiger partial charge in [-0.15, -0.1) is 0 Å². The van der Waals surface area contributed by atoms with Crippen LogP contribution in [0.4, 0.5) is 24.5 Å². The van der Waals surface area contributed by atoms with E-state index in [9.17, 15) is 18.0 Å². The standard InChI is InChI=1S/C20H19F3N4O/c1-26(12-4-11-24)15-9-7-14(8-10-15)18-25-17-6-3-2-5-16(17)19(28)27(18)13-20(21,22)23/h2-3,5-10,18,25H,4,12-13H2,1H3. The Kier molecular flexibility index (Phi) is 5.45. The molecular weight excluding hydrogens is 369 g/mol.